The summed E-state index contributed by atoms with van der Waals surface area (Å²) >= 11 is 0. The predicted molar refractivity (Wildman–Crippen MR) is 215 cm³/mol. The zero-order valence-corrected chi connectivity index (χ0v) is 29.4. The van der Waals surface area contributed by atoms with Crippen LogP contribution in [0, 0.1) is 0 Å². The molecule has 0 atom stereocenters. The molecule has 10 rings (SSSR count). The Labute approximate surface area is 307 Å². The smallest absolute Gasteiger partial charge is 0.164 e. The molecule has 0 saturated heterocycles. The van der Waals surface area contributed by atoms with E-state index in [9.17, 15) is 0 Å². The largest absolute Gasteiger partial charge is 0.454 e. The van der Waals surface area contributed by atoms with Crippen LogP contribution in [0.5, 0.6) is 11.5 Å². The SMILES string of the molecule is CC1(C)c2ccccc2Oc2c1ccc1c3ccccc3n(-c3ccc(-c4nc(-c5ccccc5)nc(-c5ccc(-c6ccccc6)cc5)n4)cc3)c21. The van der Waals surface area contributed by atoms with Crippen LogP contribution >= 0.6 is 0 Å². The number of benzene rings is 7. The highest BCUT2D eigenvalue weighted by Gasteiger charge is 2.36. The highest BCUT2D eigenvalue weighted by molar-refractivity contribution is 6.12. The van der Waals surface area contributed by atoms with E-state index in [0.29, 0.717) is 17.5 Å². The quantitative estimate of drug-likeness (QED) is 0.181. The Morgan fingerprint density at radius 1 is 0.434 bits per heavy atom. The van der Waals surface area contributed by atoms with Crippen molar-refractivity contribution in [2.45, 2.75) is 19.3 Å². The van der Waals surface area contributed by atoms with Gasteiger partial charge in [-0.1, -0.05) is 147 Å². The summed E-state index contributed by atoms with van der Waals surface area (Å²) < 4.78 is 9.14. The topological polar surface area (TPSA) is 52.8 Å². The minimum absolute atomic E-state index is 0.224. The molecule has 252 valence electrons. The predicted octanol–water partition coefficient (Wildman–Crippen LogP) is 12.1. The third-order valence-electron chi connectivity index (χ3n) is 10.5. The van der Waals surface area contributed by atoms with Crippen molar-refractivity contribution in [3.05, 3.63) is 181 Å². The van der Waals surface area contributed by atoms with Crippen LogP contribution in [0.15, 0.2) is 170 Å². The van der Waals surface area contributed by atoms with Crippen LogP contribution in [-0.4, -0.2) is 19.5 Å². The van der Waals surface area contributed by atoms with E-state index in [2.05, 4.69) is 146 Å². The first-order valence-corrected chi connectivity index (χ1v) is 18.0. The third-order valence-corrected chi connectivity index (χ3v) is 10.5. The zero-order valence-electron chi connectivity index (χ0n) is 29.4. The Morgan fingerprint density at radius 2 is 0.943 bits per heavy atom. The number of ether oxygens (including phenoxy) is 1. The van der Waals surface area contributed by atoms with Crippen LogP contribution in [0.2, 0.25) is 0 Å². The Kier molecular flexibility index (Phi) is 7.08. The van der Waals surface area contributed by atoms with E-state index in [1.165, 1.54) is 22.1 Å². The molecule has 1 aliphatic rings. The maximum atomic E-state index is 6.81. The first kappa shape index (κ1) is 30.9. The zero-order chi connectivity index (χ0) is 35.5. The van der Waals surface area contributed by atoms with E-state index in [4.69, 9.17) is 19.7 Å². The standard InChI is InChI=1S/C48H34N4O/c1-48(2)39-18-10-12-20-42(39)53-44-40(48)30-29-38-37-17-9-11-19-41(37)52(43(38)44)36-27-25-35(26-28-36)47-50-45(33-15-7-4-8-16-33)49-46(51-47)34-23-21-32(22-24-34)31-13-5-3-6-14-31/h3-30H,1-2H3. The van der Waals surface area contributed by atoms with Crippen LogP contribution in [0.25, 0.3) is 72.8 Å². The van der Waals surface area contributed by atoms with Gasteiger partial charge in [-0.15, -0.1) is 0 Å². The number of para-hydroxylation sites is 2. The molecule has 0 spiro atoms. The number of hydrogen-bond acceptors (Lipinski definition) is 4. The molecule has 0 radical (unpaired) electrons. The number of nitrogens with zero attached hydrogens (tertiary/aromatic N) is 4. The lowest BCUT2D eigenvalue weighted by Crippen LogP contribution is -2.24. The molecular formula is C48H34N4O. The van der Waals surface area contributed by atoms with Crippen molar-refractivity contribution in [1.29, 1.82) is 0 Å². The fraction of sp³-hybridized carbons (Fsp3) is 0.0625. The van der Waals surface area contributed by atoms with Crippen molar-refractivity contribution in [2.75, 3.05) is 0 Å². The van der Waals surface area contributed by atoms with Crippen molar-refractivity contribution in [2.24, 2.45) is 0 Å². The number of rotatable bonds is 5. The second-order valence-electron chi connectivity index (χ2n) is 14.1. The number of aromatic nitrogens is 4. The van der Waals surface area contributed by atoms with Crippen molar-refractivity contribution in [1.82, 2.24) is 19.5 Å². The highest BCUT2D eigenvalue weighted by atomic mass is 16.5. The van der Waals surface area contributed by atoms with E-state index >= 15 is 0 Å². The van der Waals surface area contributed by atoms with Crippen LogP contribution in [-0.2, 0) is 5.41 Å². The maximum absolute atomic E-state index is 6.81. The van der Waals surface area contributed by atoms with Gasteiger partial charge in [0, 0.05) is 49.7 Å². The first-order chi connectivity index (χ1) is 26.0. The molecule has 1 aliphatic heterocycles. The van der Waals surface area contributed by atoms with Crippen molar-refractivity contribution >= 4 is 21.8 Å². The van der Waals surface area contributed by atoms with Crippen molar-refractivity contribution in [3.8, 4) is 62.5 Å². The lowest BCUT2D eigenvalue weighted by molar-refractivity contribution is 0.421. The van der Waals surface area contributed by atoms with Gasteiger partial charge in [0.2, 0.25) is 0 Å². The summed E-state index contributed by atoms with van der Waals surface area (Å²) in [4.78, 5) is 15.0. The second-order valence-corrected chi connectivity index (χ2v) is 14.1. The summed E-state index contributed by atoms with van der Waals surface area (Å²) in [7, 11) is 0. The summed E-state index contributed by atoms with van der Waals surface area (Å²) in [5.74, 6) is 3.69. The summed E-state index contributed by atoms with van der Waals surface area (Å²) in [5, 5.41) is 2.34. The van der Waals surface area contributed by atoms with Crippen molar-refractivity contribution in [3.63, 3.8) is 0 Å². The monoisotopic (exact) mass is 682 g/mol. The minimum Gasteiger partial charge on any atom is -0.454 e. The second kappa shape index (κ2) is 12.1. The normalized spacial score (nSPS) is 13.0. The van der Waals surface area contributed by atoms with E-state index in [1.54, 1.807) is 0 Å². The van der Waals surface area contributed by atoms with Crippen LogP contribution in [0.1, 0.15) is 25.0 Å². The number of hydrogen-bond donors (Lipinski definition) is 0. The van der Waals surface area contributed by atoms with Crippen LogP contribution < -0.4 is 4.74 Å². The lowest BCUT2D eigenvalue weighted by atomic mass is 9.75. The summed E-state index contributed by atoms with van der Waals surface area (Å²) in [6.45, 7) is 4.57. The van der Waals surface area contributed by atoms with Gasteiger partial charge in [0.1, 0.15) is 5.75 Å². The van der Waals surface area contributed by atoms with E-state index in [0.717, 1.165) is 55.9 Å². The van der Waals surface area contributed by atoms with Gasteiger partial charge in [-0.05, 0) is 47.5 Å². The third kappa shape index (κ3) is 5.12. The Hall–Kier alpha value is -6.85. The Balaban J connectivity index is 1.10. The fourth-order valence-electron chi connectivity index (χ4n) is 7.77. The fourth-order valence-corrected chi connectivity index (χ4v) is 7.77. The molecule has 7 aromatic carbocycles. The molecule has 53 heavy (non-hydrogen) atoms. The molecule has 0 fully saturated rings. The van der Waals surface area contributed by atoms with Crippen molar-refractivity contribution < 1.29 is 4.74 Å². The highest BCUT2D eigenvalue weighted by Crippen LogP contribution is 2.52. The molecule has 0 saturated carbocycles. The Morgan fingerprint density at radius 3 is 1.62 bits per heavy atom. The van der Waals surface area contributed by atoms with Gasteiger partial charge in [-0.2, -0.15) is 0 Å². The van der Waals surface area contributed by atoms with E-state index in [-0.39, 0.29) is 5.41 Å². The maximum Gasteiger partial charge on any atom is 0.164 e. The molecule has 3 heterocycles. The molecule has 5 heteroatoms. The van der Waals surface area contributed by atoms with Gasteiger partial charge < -0.3 is 9.30 Å². The van der Waals surface area contributed by atoms with Gasteiger partial charge in [0.15, 0.2) is 23.2 Å². The van der Waals surface area contributed by atoms with Gasteiger partial charge >= 0.3 is 0 Å². The minimum atomic E-state index is -0.224. The molecule has 0 amide bonds. The van der Waals surface area contributed by atoms with E-state index in [1.807, 2.05) is 42.5 Å². The molecule has 0 aliphatic carbocycles. The average Bonchev–Trinajstić information content (AvgIpc) is 3.56. The molecule has 0 N–H and O–H groups in total. The lowest BCUT2D eigenvalue weighted by Gasteiger charge is -2.35. The summed E-state index contributed by atoms with van der Waals surface area (Å²) in [6.07, 6.45) is 0. The summed E-state index contributed by atoms with van der Waals surface area (Å²) in [5.41, 5.74) is 10.5. The average molecular weight is 683 g/mol. The molecule has 2 aromatic heterocycles. The molecular weight excluding hydrogens is 649 g/mol. The molecule has 5 nitrogen and oxygen atoms in total. The Bertz CT molecular complexity index is 2800. The van der Waals surface area contributed by atoms with E-state index < -0.39 is 0 Å². The van der Waals surface area contributed by atoms with Crippen LogP contribution in [0.3, 0.4) is 0 Å². The summed E-state index contributed by atoms with van der Waals surface area (Å²) in [6, 6.07) is 58.9. The molecule has 0 unspecified atom stereocenters. The number of fused-ring (bicyclic) bond motifs is 6. The van der Waals surface area contributed by atoms with Gasteiger partial charge in [0.25, 0.3) is 0 Å². The van der Waals surface area contributed by atoms with Gasteiger partial charge in [-0.25, -0.2) is 15.0 Å². The first-order valence-electron chi connectivity index (χ1n) is 18.0. The van der Waals surface area contributed by atoms with Crippen LogP contribution in [0.4, 0.5) is 0 Å². The van der Waals surface area contributed by atoms with Gasteiger partial charge in [0.05, 0.1) is 11.0 Å². The van der Waals surface area contributed by atoms with Gasteiger partial charge in [-0.3, -0.25) is 0 Å². The molecule has 9 aromatic rings. The molecule has 0 bridgehead atoms.